The van der Waals surface area contributed by atoms with E-state index in [0.29, 0.717) is 10.6 Å². The summed E-state index contributed by atoms with van der Waals surface area (Å²) >= 11 is 0. The molecule has 1 fully saturated rings. The fourth-order valence-electron chi connectivity index (χ4n) is 2.58. The van der Waals surface area contributed by atoms with Gasteiger partial charge in [0.15, 0.2) is 6.10 Å². The molecule has 2 unspecified atom stereocenters. The maximum absolute atomic E-state index is 12.4. The molecule has 1 N–H and O–H groups in total. The molecule has 2 rings (SSSR count). The standard InChI is InChI=1S/C16H24N2O3S/c1-13(16(19)18-11-5-3-4-6-12-18)21-14-7-9-15(10-8-14)22(2,17)20/h7-10,13,17H,3-6,11-12H2,1-2H3. The minimum absolute atomic E-state index is 0.0192. The lowest BCUT2D eigenvalue weighted by molar-refractivity contribution is -0.137. The van der Waals surface area contributed by atoms with Crippen molar-refractivity contribution in [1.82, 2.24) is 4.90 Å². The van der Waals surface area contributed by atoms with Gasteiger partial charge >= 0.3 is 0 Å². The number of ether oxygens (including phenoxy) is 1. The van der Waals surface area contributed by atoms with E-state index < -0.39 is 15.8 Å². The molecule has 0 saturated carbocycles. The predicted molar refractivity (Wildman–Crippen MR) is 86.6 cm³/mol. The summed E-state index contributed by atoms with van der Waals surface area (Å²) in [7, 11) is -2.72. The minimum atomic E-state index is -2.72. The summed E-state index contributed by atoms with van der Waals surface area (Å²) in [5.74, 6) is 0.578. The van der Waals surface area contributed by atoms with E-state index in [-0.39, 0.29) is 5.91 Å². The van der Waals surface area contributed by atoms with Crippen LogP contribution in [0.1, 0.15) is 32.6 Å². The SMILES string of the molecule is CC(Oc1ccc(S(C)(=N)=O)cc1)C(=O)N1CCCCCC1. The van der Waals surface area contributed by atoms with E-state index in [4.69, 9.17) is 9.52 Å². The quantitative estimate of drug-likeness (QED) is 0.926. The predicted octanol–water partition coefficient (Wildman–Crippen LogP) is 2.89. The fraction of sp³-hybridized carbons (Fsp3) is 0.562. The van der Waals surface area contributed by atoms with Crippen LogP contribution in [0.25, 0.3) is 0 Å². The first-order chi connectivity index (χ1) is 10.4. The summed E-state index contributed by atoms with van der Waals surface area (Å²) in [6, 6.07) is 6.57. The highest BCUT2D eigenvalue weighted by Gasteiger charge is 2.22. The molecule has 1 saturated heterocycles. The van der Waals surface area contributed by atoms with Crippen molar-refractivity contribution < 1.29 is 13.7 Å². The molecule has 6 heteroatoms. The highest BCUT2D eigenvalue weighted by atomic mass is 32.2. The van der Waals surface area contributed by atoms with E-state index in [2.05, 4.69) is 0 Å². The summed E-state index contributed by atoms with van der Waals surface area (Å²) in [6.45, 7) is 3.37. The van der Waals surface area contributed by atoms with Gasteiger partial charge in [0.05, 0.1) is 9.73 Å². The molecule has 122 valence electrons. The molecule has 0 bridgehead atoms. The zero-order chi connectivity index (χ0) is 16.2. The number of nitrogens with one attached hydrogen (secondary N) is 1. The molecular formula is C16H24N2O3S. The van der Waals surface area contributed by atoms with E-state index in [9.17, 15) is 9.00 Å². The number of hydrogen-bond acceptors (Lipinski definition) is 4. The molecule has 22 heavy (non-hydrogen) atoms. The summed E-state index contributed by atoms with van der Waals surface area (Å²) in [6.07, 6.45) is 5.33. The van der Waals surface area contributed by atoms with Crippen LogP contribution in [0.15, 0.2) is 29.2 Å². The van der Waals surface area contributed by atoms with Crippen LogP contribution in [0, 0.1) is 4.78 Å². The van der Waals surface area contributed by atoms with Gasteiger partial charge in [0.25, 0.3) is 5.91 Å². The average Bonchev–Trinajstić information content (AvgIpc) is 2.75. The molecule has 1 aliphatic heterocycles. The Morgan fingerprint density at radius 2 is 1.73 bits per heavy atom. The molecule has 0 spiro atoms. The van der Waals surface area contributed by atoms with E-state index in [0.717, 1.165) is 25.9 Å². The lowest BCUT2D eigenvalue weighted by Gasteiger charge is -2.24. The number of rotatable bonds is 4. The third-order valence-electron chi connectivity index (χ3n) is 3.85. The van der Waals surface area contributed by atoms with Gasteiger partial charge in [0.2, 0.25) is 0 Å². The molecule has 1 aromatic rings. The van der Waals surface area contributed by atoms with Crippen LogP contribution < -0.4 is 4.74 Å². The molecule has 1 aliphatic rings. The minimum Gasteiger partial charge on any atom is -0.481 e. The Labute approximate surface area is 132 Å². The zero-order valence-electron chi connectivity index (χ0n) is 13.2. The van der Waals surface area contributed by atoms with E-state index in [1.54, 1.807) is 31.2 Å². The van der Waals surface area contributed by atoms with E-state index in [1.165, 1.54) is 19.1 Å². The summed E-state index contributed by atoms with van der Waals surface area (Å²) < 4.78 is 24.9. The Morgan fingerprint density at radius 3 is 2.23 bits per heavy atom. The molecule has 1 aromatic carbocycles. The Balaban J connectivity index is 1.98. The van der Waals surface area contributed by atoms with Crippen LogP contribution in [-0.2, 0) is 14.5 Å². The van der Waals surface area contributed by atoms with Gasteiger partial charge < -0.3 is 9.64 Å². The van der Waals surface area contributed by atoms with Crippen LogP contribution in [0.4, 0.5) is 0 Å². The molecule has 5 nitrogen and oxygen atoms in total. The Bertz CT molecular complexity index is 603. The van der Waals surface area contributed by atoms with Crippen molar-refractivity contribution >= 4 is 15.6 Å². The number of carbonyl (C=O) groups excluding carboxylic acids is 1. The third-order valence-corrected chi connectivity index (χ3v) is 5.02. The van der Waals surface area contributed by atoms with Gasteiger partial charge in [-0.2, -0.15) is 0 Å². The van der Waals surface area contributed by atoms with Crippen LogP contribution in [0.2, 0.25) is 0 Å². The van der Waals surface area contributed by atoms with Crippen LogP contribution in [-0.4, -0.2) is 40.5 Å². The summed E-state index contributed by atoms with van der Waals surface area (Å²) in [5, 5.41) is 0. The van der Waals surface area contributed by atoms with Gasteiger partial charge in [-0.3, -0.25) is 4.79 Å². The average molecular weight is 324 g/mol. The Kier molecular flexibility index (Phi) is 5.45. The number of amides is 1. The topological polar surface area (TPSA) is 70.5 Å². The van der Waals surface area contributed by atoms with Crippen molar-refractivity contribution in [1.29, 1.82) is 4.78 Å². The van der Waals surface area contributed by atoms with Crippen LogP contribution in [0.5, 0.6) is 5.75 Å². The van der Waals surface area contributed by atoms with Crippen molar-refractivity contribution in [2.45, 2.75) is 43.6 Å². The molecule has 0 aromatic heterocycles. The highest BCUT2D eigenvalue weighted by molar-refractivity contribution is 7.91. The lowest BCUT2D eigenvalue weighted by Crippen LogP contribution is -2.40. The van der Waals surface area contributed by atoms with Crippen molar-refractivity contribution in [2.75, 3.05) is 19.3 Å². The second kappa shape index (κ2) is 7.13. The van der Waals surface area contributed by atoms with Gasteiger partial charge in [-0.1, -0.05) is 12.8 Å². The maximum Gasteiger partial charge on any atom is 0.263 e. The normalized spacial score (nSPS) is 19.8. The molecule has 2 atom stereocenters. The highest BCUT2D eigenvalue weighted by Crippen LogP contribution is 2.18. The number of hydrogen-bond donors (Lipinski definition) is 1. The second-order valence-corrected chi connectivity index (χ2v) is 7.97. The third kappa shape index (κ3) is 4.47. The van der Waals surface area contributed by atoms with Gasteiger partial charge in [-0.25, -0.2) is 8.99 Å². The Hall–Kier alpha value is -1.56. The first-order valence-electron chi connectivity index (χ1n) is 7.67. The summed E-state index contributed by atoms with van der Waals surface area (Å²) in [5.41, 5.74) is 0. The van der Waals surface area contributed by atoms with Gasteiger partial charge in [-0.05, 0) is 44.0 Å². The molecule has 1 heterocycles. The largest absolute Gasteiger partial charge is 0.481 e. The van der Waals surface area contributed by atoms with E-state index >= 15 is 0 Å². The van der Waals surface area contributed by atoms with Gasteiger partial charge in [-0.15, -0.1) is 0 Å². The smallest absolute Gasteiger partial charge is 0.263 e. The van der Waals surface area contributed by atoms with Crippen molar-refractivity contribution in [3.05, 3.63) is 24.3 Å². The zero-order valence-corrected chi connectivity index (χ0v) is 14.0. The molecule has 0 aliphatic carbocycles. The van der Waals surface area contributed by atoms with Gasteiger partial charge in [0.1, 0.15) is 5.75 Å². The Morgan fingerprint density at radius 1 is 1.18 bits per heavy atom. The second-order valence-electron chi connectivity index (χ2n) is 5.81. The van der Waals surface area contributed by atoms with Crippen molar-refractivity contribution in [3.63, 3.8) is 0 Å². The molecule has 1 amide bonds. The van der Waals surface area contributed by atoms with Crippen molar-refractivity contribution in [3.8, 4) is 5.75 Å². The van der Waals surface area contributed by atoms with E-state index in [1.807, 2.05) is 4.90 Å². The maximum atomic E-state index is 12.4. The van der Waals surface area contributed by atoms with Crippen molar-refractivity contribution in [2.24, 2.45) is 0 Å². The summed E-state index contributed by atoms with van der Waals surface area (Å²) in [4.78, 5) is 14.8. The first-order valence-corrected chi connectivity index (χ1v) is 9.64. The number of benzene rings is 1. The number of nitrogens with zero attached hydrogens (tertiary/aromatic N) is 1. The fourth-order valence-corrected chi connectivity index (χ4v) is 3.24. The van der Waals surface area contributed by atoms with Crippen LogP contribution in [0.3, 0.4) is 0 Å². The number of likely N-dealkylation sites (tertiary alicyclic amines) is 1. The first kappa shape index (κ1) is 16.8. The van der Waals surface area contributed by atoms with Crippen LogP contribution >= 0.6 is 0 Å². The lowest BCUT2D eigenvalue weighted by atomic mass is 10.2. The monoisotopic (exact) mass is 324 g/mol. The molecule has 0 radical (unpaired) electrons. The molecular weight excluding hydrogens is 300 g/mol. The number of carbonyl (C=O) groups is 1. The van der Waals surface area contributed by atoms with Gasteiger partial charge in [0, 0.05) is 24.2 Å².